The number of halogens is 1. The molecule has 2 N–H and O–H groups in total. The number of carbonyl (C=O) groups is 2. The van der Waals surface area contributed by atoms with Gasteiger partial charge in [0.1, 0.15) is 11.6 Å². The number of amides is 1. The van der Waals surface area contributed by atoms with E-state index >= 15 is 0 Å². The topological polar surface area (TPSA) is 75.6 Å². The molecular formula is C15H18FNO4. The summed E-state index contributed by atoms with van der Waals surface area (Å²) >= 11 is 0. The Kier molecular flexibility index (Phi) is 4.45. The van der Waals surface area contributed by atoms with E-state index in [4.69, 9.17) is 9.84 Å². The SMILES string of the molecule is COc1ccc(F)cc1C(C)NC(=O)C1CCC1C(=O)O. The van der Waals surface area contributed by atoms with Crippen LogP contribution in [0.5, 0.6) is 5.75 Å². The summed E-state index contributed by atoms with van der Waals surface area (Å²) in [6.07, 6.45) is 1.08. The molecule has 0 saturated heterocycles. The van der Waals surface area contributed by atoms with Crippen molar-refractivity contribution in [3.05, 3.63) is 29.6 Å². The van der Waals surface area contributed by atoms with Crippen molar-refractivity contribution in [3.63, 3.8) is 0 Å². The molecule has 114 valence electrons. The highest BCUT2D eigenvalue weighted by Gasteiger charge is 2.41. The predicted octanol–water partition coefficient (Wildman–Crippen LogP) is 2.12. The summed E-state index contributed by atoms with van der Waals surface area (Å²) < 4.78 is 18.5. The van der Waals surface area contributed by atoms with Crippen LogP contribution in [0.25, 0.3) is 0 Å². The molecule has 0 aliphatic heterocycles. The lowest BCUT2D eigenvalue weighted by Gasteiger charge is -2.33. The van der Waals surface area contributed by atoms with Crippen molar-refractivity contribution in [2.24, 2.45) is 11.8 Å². The number of methoxy groups -OCH3 is 1. The van der Waals surface area contributed by atoms with E-state index in [1.165, 1.54) is 25.3 Å². The van der Waals surface area contributed by atoms with Gasteiger partial charge in [-0.2, -0.15) is 0 Å². The third-order valence-electron chi connectivity index (χ3n) is 3.95. The molecule has 0 heterocycles. The van der Waals surface area contributed by atoms with Crippen LogP contribution in [-0.2, 0) is 9.59 Å². The Morgan fingerprint density at radius 1 is 1.38 bits per heavy atom. The van der Waals surface area contributed by atoms with Crippen LogP contribution >= 0.6 is 0 Å². The molecule has 5 nitrogen and oxygen atoms in total. The van der Waals surface area contributed by atoms with Gasteiger partial charge in [0.25, 0.3) is 0 Å². The van der Waals surface area contributed by atoms with Gasteiger partial charge in [0.15, 0.2) is 0 Å². The minimum Gasteiger partial charge on any atom is -0.496 e. The van der Waals surface area contributed by atoms with Crippen molar-refractivity contribution in [2.75, 3.05) is 7.11 Å². The zero-order valence-electron chi connectivity index (χ0n) is 11.9. The van der Waals surface area contributed by atoms with Gasteiger partial charge in [0.2, 0.25) is 5.91 Å². The number of nitrogens with one attached hydrogen (secondary N) is 1. The van der Waals surface area contributed by atoms with Gasteiger partial charge in [-0.25, -0.2) is 4.39 Å². The second kappa shape index (κ2) is 6.11. The number of hydrogen-bond donors (Lipinski definition) is 2. The maximum Gasteiger partial charge on any atom is 0.307 e. The smallest absolute Gasteiger partial charge is 0.307 e. The maximum absolute atomic E-state index is 13.3. The highest BCUT2D eigenvalue weighted by atomic mass is 19.1. The van der Waals surface area contributed by atoms with Gasteiger partial charge in [0.05, 0.1) is 25.0 Å². The van der Waals surface area contributed by atoms with Gasteiger partial charge in [-0.1, -0.05) is 0 Å². The summed E-state index contributed by atoms with van der Waals surface area (Å²) in [7, 11) is 1.47. The van der Waals surface area contributed by atoms with Crippen LogP contribution in [-0.4, -0.2) is 24.1 Å². The minimum atomic E-state index is -0.947. The zero-order valence-corrected chi connectivity index (χ0v) is 11.9. The first-order valence-corrected chi connectivity index (χ1v) is 6.80. The largest absolute Gasteiger partial charge is 0.496 e. The molecule has 0 spiro atoms. The second-order valence-electron chi connectivity index (χ2n) is 5.25. The van der Waals surface area contributed by atoms with E-state index in [1.54, 1.807) is 6.92 Å². The molecule has 1 saturated carbocycles. The van der Waals surface area contributed by atoms with Crippen LogP contribution in [0.2, 0.25) is 0 Å². The summed E-state index contributed by atoms with van der Waals surface area (Å²) in [6.45, 7) is 1.71. The molecule has 21 heavy (non-hydrogen) atoms. The third-order valence-corrected chi connectivity index (χ3v) is 3.95. The molecule has 1 amide bonds. The first-order chi connectivity index (χ1) is 9.93. The lowest BCUT2D eigenvalue weighted by Crippen LogP contribution is -2.44. The summed E-state index contributed by atoms with van der Waals surface area (Å²) in [5.41, 5.74) is 0.525. The standard InChI is InChI=1S/C15H18FNO4/c1-8(12-7-9(16)3-6-13(12)21-2)17-14(18)10-4-5-11(10)15(19)20/h3,6-8,10-11H,4-5H2,1-2H3,(H,17,18)(H,19,20). The molecule has 0 aromatic heterocycles. The Bertz CT molecular complexity index is 561. The van der Waals surface area contributed by atoms with Crippen LogP contribution in [0.15, 0.2) is 18.2 Å². The molecule has 1 aliphatic rings. The quantitative estimate of drug-likeness (QED) is 0.872. The van der Waals surface area contributed by atoms with E-state index in [0.717, 1.165) is 0 Å². The Balaban J connectivity index is 2.08. The number of rotatable bonds is 5. The number of carboxylic acids is 1. The Labute approximate surface area is 122 Å². The van der Waals surface area contributed by atoms with Crippen molar-refractivity contribution in [2.45, 2.75) is 25.8 Å². The van der Waals surface area contributed by atoms with Crippen molar-refractivity contribution in [1.82, 2.24) is 5.32 Å². The minimum absolute atomic E-state index is 0.313. The molecule has 6 heteroatoms. The molecule has 1 fully saturated rings. The number of benzene rings is 1. The first-order valence-electron chi connectivity index (χ1n) is 6.80. The van der Waals surface area contributed by atoms with Gasteiger partial charge in [-0.3, -0.25) is 9.59 Å². The Morgan fingerprint density at radius 2 is 2.05 bits per heavy atom. The van der Waals surface area contributed by atoms with Crippen LogP contribution < -0.4 is 10.1 Å². The Morgan fingerprint density at radius 3 is 2.57 bits per heavy atom. The molecule has 0 bridgehead atoms. The third kappa shape index (κ3) is 3.15. The van der Waals surface area contributed by atoms with Gasteiger partial charge in [0, 0.05) is 5.56 Å². The van der Waals surface area contributed by atoms with Gasteiger partial charge >= 0.3 is 5.97 Å². The summed E-state index contributed by atoms with van der Waals surface area (Å²) in [6, 6.07) is 3.62. The number of carboxylic acid groups (broad SMARTS) is 1. The number of aliphatic carboxylic acids is 1. The molecule has 3 unspecified atom stereocenters. The fourth-order valence-corrected chi connectivity index (χ4v) is 2.55. The number of carbonyl (C=O) groups excluding carboxylic acids is 1. The molecule has 1 aromatic carbocycles. The average molecular weight is 295 g/mol. The van der Waals surface area contributed by atoms with Gasteiger partial charge in [-0.15, -0.1) is 0 Å². The molecular weight excluding hydrogens is 277 g/mol. The summed E-state index contributed by atoms with van der Waals surface area (Å²) in [4.78, 5) is 23.0. The molecule has 3 atom stereocenters. The first kappa shape index (κ1) is 15.3. The maximum atomic E-state index is 13.3. The monoisotopic (exact) mass is 295 g/mol. The lowest BCUT2D eigenvalue weighted by atomic mass is 9.73. The summed E-state index contributed by atoms with van der Waals surface area (Å²) in [5.74, 6) is -2.33. The van der Waals surface area contributed by atoms with Crippen LogP contribution in [0, 0.1) is 17.7 Å². The van der Waals surface area contributed by atoms with E-state index < -0.39 is 29.7 Å². The normalized spacial score (nSPS) is 22.0. The highest BCUT2D eigenvalue weighted by molar-refractivity contribution is 5.86. The highest BCUT2D eigenvalue weighted by Crippen LogP contribution is 2.35. The van der Waals surface area contributed by atoms with E-state index in [2.05, 4.69) is 5.32 Å². The molecule has 1 aliphatic carbocycles. The molecule has 1 aromatic rings. The van der Waals surface area contributed by atoms with Crippen LogP contribution in [0.4, 0.5) is 4.39 Å². The summed E-state index contributed by atoms with van der Waals surface area (Å²) in [5, 5.41) is 11.7. The zero-order chi connectivity index (χ0) is 15.6. The van der Waals surface area contributed by atoms with E-state index in [-0.39, 0.29) is 5.91 Å². The van der Waals surface area contributed by atoms with E-state index in [1.807, 2.05) is 0 Å². The van der Waals surface area contributed by atoms with Crippen molar-refractivity contribution in [3.8, 4) is 5.75 Å². The van der Waals surface area contributed by atoms with Crippen LogP contribution in [0.1, 0.15) is 31.4 Å². The molecule has 0 radical (unpaired) electrons. The van der Waals surface area contributed by atoms with Gasteiger partial charge in [-0.05, 0) is 38.0 Å². The van der Waals surface area contributed by atoms with Crippen molar-refractivity contribution >= 4 is 11.9 Å². The van der Waals surface area contributed by atoms with E-state index in [0.29, 0.717) is 24.2 Å². The fourth-order valence-electron chi connectivity index (χ4n) is 2.55. The second-order valence-corrected chi connectivity index (χ2v) is 5.25. The number of hydrogen-bond acceptors (Lipinski definition) is 3. The fraction of sp³-hybridized carbons (Fsp3) is 0.467. The van der Waals surface area contributed by atoms with Crippen LogP contribution in [0.3, 0.4) is 0 Å². The Hall–Kier alpha value is -2.11. The van der Waals surface area contributed by atoms with Crippen molar-refractivity contribution in [1.29, 1.82) is 0 Å². The molecule has 2 rings (SSSR count). The lowest BCUT2D eigenvalue weighted by molar-refractivity contribution is -0.152. The number of ether oxygens (including phenoxy) is 1. The van der Waals surface area contributed by atoms with E-state index in [9.17, 15) is 14.0 Å². The average Bonchev–Trinajstić information content (AvgIpc) is 2.36. The van der Waals surface area contributed by atoms with Crippen molar-refractivity contribution < 1.29 is 23.8 Å². The van der Waals surface area contributed by atoms with Gasteiger partial charge < -0.3 is 15.2 Å². The predicted molar refractivity (Wildman–Crippen MR) is 73.4 cm³/mol.